The molecule has 2 aromatic rings. The zero-order valence-electron chi connectivity index (χ0n) is 11.8. The molecular formula is C17H18F2O2. The Balaban J connectivity index is 2.48. The van der Waals surface area contributed by atoms with Crippen molar-refractivity contribution >= 4 is 0 Å². The summed E-state index contributed by atoms with van der Waals surface area (Å²) in [6.45, 7) is 0.955. The van der Waals surface area contributed by atoms with Crippen LogP contribution in [0.2, 0.25) is 0 Å². The van der Waals surface area contributed by atoms with Gasteiger partial charge in [-0.3, -0.25) is 0 Å². The second-order valence-electron chi connectivity index (χ2n) is 5.32. The molecule has 2 aromatic carbocycles. The third-order valence-corrected chi connectivity index (χ3v) is 3.89. The first kappa shape index (κ1) is 15.6. The first-order chi connectivity index (χ1) is 10.0. The first-order valence-corrected chi connectivity index (χ1v) is 6.74. The fourth-order valence-corrected chi connectivity index (χ4v) is 2.51. The molecule has 0 aliphatic heterocycles. The second-order valence-corrected chi connectivity index (χ2v) is 5.32. The van der Waals surface area contributed by atoms with Crippen molar-refractivity contribution < 1.29 is 19.0 Å². The summed E-state index contributed by atoms with van der Waals surface area (Å²) in [5, 5.41) is 19.5. The van der Waals surface area contributed by atoms with Crippen LogP contribution < -0.4 is 0 Å². The monoisotopic (exact) mass is 292 g/mol. The molecule has 21 heavy (non-hydrogen) atoms. The van der Waals surface area contributed by atoms with E-state index < -0.39 is 30.3 Å². The highest BCUT2D eigenvalue weighted by molar-refractivity contribution is 5.34. The molecule has 0 amide bonds. The van der Waals surface area contributed by atoms with E-state index in [4.69, 9.17) is 0 Å². The van der Waals surface area contributed by atoms with Crippen LogP contribution in [0, 0.1) is 18.6 Å². The lowest BCUT2D eigenvalue weighted by Crippen LogP contribution is -2.38. The van der Waals surface area contributed by atoms with Gasteiger partial charge in [0.05, 0.1) is 13.2 Å². The van der Waals surface area contributed by atoms with E-state index in [1.165, 1.54) is 24.3 Å². The van der Waals surface area contributed by atoms with Crippen molar-refractivity contribution in [2.24, 2.45) is 0 Å². The van der Waals surface area contributed by atoms with E-state index >= 15 is 0 Å². The lowest BCUT2D eigenvalue weighted by Gasteiger charge is -2.31. The summed E-state index contributed by atoms with van der Waals surface area (Å²) < 4.78 is 27.5. The molecule has 0 aliphatic rings. The Morgan fingerprint density at radius 2 is 1.67 bits per heavy atom. The van der Waals surface area contributed by atoms with E-state index in [0.717, 1.165) is 5.56 Å². The van der Waals surface area contributed by atoms with Gasteiger partial charge in [0.2, 0.25) is 0 Å². The Bertz CT molecular complexity index is 622. The first-order valence-electron chi connectivity index (χ1n) is 6.74. The van der Waals surface area contributed by atoms with Crippen molar-refractivity contribution in [1.82, 2.24) is 0 Å². The van der Waals surface area contributed by atoms with Crippen LogP contribution in [0.5, 0.6) is 0 Å². The van der Waals surface area contributed by atoms with E-state index in [0.29, 0.717) is 5.56 Å². The fourth-order valence-electron chi connectivity index (χ4n) is 2.51. The number of benzene rings is 2. The number of aryl methyl sites for hydroxylation is 1. The van der Waals surface area contributed by atoms with E-state index in [1.807, 2.05) is 6.92 Å². The number of aliphatic hydroxyl groups excluding tert-OH is 2. The summed E-state index contributed by atoms with van der Waals surface area (Å²) in [6, 6.07) is 10.4. The molecule has 0 fully saturated rings. The van der Waals surface area contributed by atoms with Gasteiger partial charge in [-0.2, -0.15) is 0 Å². The molecule has 0 atom stereocenters. The van der Waals surface area contributed by atoms with Gasteiger partial charge in [-0.25, -0.2) is 8.78 Å². The molecule has 112 valence electrons. The highest BCUT2D eigenvalue weighted by Crippen LogP contribution is 2.31. The maximum Gasteiger partial charge on any atom is 0.127 e. The minimum Gasteiger partial charge on any atom is -0.395 e. The van der Waals surface area contributed by atoms with Crippen LogP contribution in [0.4, 0.5) is 8.78 Å². The summed E-state index contributed by atoms with van der Waals surface area (Å²) in [5.74, 6) is -0.886. The van der Waals surface area contributed by atoms with Gasteiger partial charge < -0.3 is 10.2 Å². The molecule has 0 unspecified atom stereocenters. The SMILES string of the molecule is Cc1ccc(F)cc1CC(CO)(CO)c1ccccc1F. The van der Waals surface area contributed by atoms with E-state index in [9.17, 15) is 19.0 Å². The Hall–Kier alpha value is -1.78. The molecule has 0 saturated heterocycles. The second kappa shape index (κ2) is 6.33. The Morgan fingerprint density at radius 3 is 2.29 bits per heavy atom. The van der Waals surface area contributed by atoms with E-state index in [1.54, 1.807) is 18.2 Å². The maximum atomic E-state index is 14.0. The van der Waals surface area contributed by atoms with Crippen LogP contribution in [0.25, 0.3) is 0 Å². The van der Waals surface area contributed by atoms with Crippen LogP contribution in [0.3, 0.4) is 0 Å². The number of aliphatic hydroxyl groups is 2. The normalized spacial score (nSPS) is 11.7. The topological polar surface area (TPSA) is 40.5 Å². The highest BCUT2D eigenvalue weighted by Gasteiger charge is 2.34. The van der Waals surface area contributed by atoms with Crippen molar-refractivity contribution in [2.45, 2.75) is 18.8 Å². The quantitative estimate of drug-likeness (QED) is 0.889. The summed E-state index contributed by atoms with van der Waals surface area (Å²) in [5.41, 5.74) is 0.531. The smallest absolute Gasteiger partial charge is 0.127 e. The zero-order chi connectivity index (χ0) is 15.5. The third kappa shape index (κ3) is 3.12. The van der Waals surface area contributed by atoms with Crippen molar-refractivity contribution in [1.29, 1.82) is 0 Å². The molecule has 0 radical (unpaired) electrons. The molecule has 0 spiro atoms. The number of rotatable bonds is 5. The van der Waals surface area contributed by atoms with Gasteiger partial charge in [-0.05, 0) is 48.2 Å². The average Bonchev–Trinajstić information content (AvgIpc) is 2.49. The standard InChI is InChI=1S/C17H18F2O2/c1-12-6-7-14(18)8-13(12)9-17(10-20,11-21)15-4-2-3-5-16(15)19/h2-8,20-21H,9-11H2,1H3. The molecule has 0 heterocycles. The van der Waals surface area contributed by atoms with Gasteiger partial charge in [0.15, 0.2) is 0 Å². The zero-order valence-corrected chi connectivity index (χ0v) is 11.8. The van der Waals surface area contributed by atoms with Gasteiger partial charge in [0.1, 0.15) is 11.6 Å². The molecule has 2 N–H and O–H groups in total. The molecule has 2 nitrogen and oxygen atoms in total. The predicted molar refractivity (Wildman–Crippen MR) is 77.1 cm³/mol. The van der Waals surface area contributed by atoms with Crippen LogP contribution in [0.15, 0.2) is 42.5 Å². The highest BCUT2D eigenvalue weighted by atomic mass is 19.1. The Kier molecular flexibility index (Phi) is 4.70. The van der Waals surface area contributed by atoms with Crippen molar-refractivity contribution in [3.05, 3.63) is 70.8 Å². The van der Waals surface area contributed by atoms with Gasteiger partial charge >= 0.3 is 0 Å². The summed E-state index contributed by atoms with van der Waals surface area (Å²) >= 11 is 0. The molecule has 0 aromatic heterocycles. The number of halogens is 2. The van der Waals surface area contributed by atoms with Crippen LogP contribution in [0.1, 0.15) is 16.7 Å². The fraction of sp³-hybridized carbons (Fsp3) is 0.294. The predicted octanol–water partition coefficient (Wildman–Crippen LogP) is 2.74. The molecule has 0 bridgehead atoms. The van der Waals surface area contributed by atoms with Crippen molar-refractivity contribution in [3.63, 3.8) is 0 Å². The van der Waals surface area contributed by atoms with Crippen LogP contribution in [-0.4, -0.2) is 23.4 Å². The Labute approximate surface area is 122 Å². The van der Waals surface area contributed by atoms with Crippen LogP contribution in [-0.2, 0) is 11.8 Å². The Morgan fingerprint density at radius 1 is 1.00 bits per heavy atom. The summed E-state index contributed by atoms with van der Waals surface area (Å²) in [4.78, 5) is 0. The van der Waals surface area contributed by atoms with Gasteiger partial charge in [-0.1, -0.05) is 24.3 Å². The van der Waals surface area contributed by atoms with Crippen LogP contribution >= 0.6 is 0 Å². The summed E-state index contributed by atoms with van der Waals surface area (Å²) in [7, 11) is 0. The molecule has 0 saturated carbocycles. The number of hydrogen-bond acceptors (Lipinski definition) is 2. The lowest BCUT2D eigenvalue weighted by molar-refractivity contribution is 0.113. The number of hydrogen-bond donors (Lipinski definition) is 2. The minimum absolute atomic E-state index is 0.157. The van der Waals surface area contributed by atoms with Crippen molar-refractivity contribution in [2.75, 3.05) is 13.2 Å². The maximum absolute atomic E-state index is 14.0. The molecule has 2 rings (SSSR count). The lowest BCUT2D eigenvalue weighted by atomic mass is 9.76. The van der Waals surface area contributed by atoms with Gasteiger partial charge in [0, 0.05) is 5.41 Å². The molecular weight excluding hydrogens is 274 g/mol. The average molecular weight is 292 g/mol. The summed E-state index contributed by atoms with van der Waals surface area (Å²) in [6.07, 6.45) is 0.157. The van der Waals surface area contributed by atoms with Gasteiger partial charge in [0.25, 0.3) is 0 Å². The third-order valence-electron chi connectivity index (χ3n) is 3.89. The van der Waals surface area contributed by atoms with E-state index in [-0.39, 0.29) is 12.0 Å². The largest absolute Gasteiger partial charge is 0.395 e. The molecule has 4 heteroatoms. The minimum atomic E-state index is -1.18. The van der Waals surface area contributed by atoms with Crippen molar-refractivity contribution in [3.8, 4) is 0 Å². The molecule has 0 aliphatic carbocycles. The van der Waals surface area contributed by atoms with E-state index in [2.05, 4.69) is 0 Å². The van der Waals surface area contributed by atoms with Gasteiger partial charge in [-0.15, -0.1) is 0 Å².